The van der Waals surface area contributed by atoms with Gasteiger partial charge in [-0.3, -0.25) is 9.48 Å². The number of hydrogen-bond donors (Lipinski definition) is 2. The molecule has 21 heavy (non-hydrogen) atoms. The number of aryl methyl sites for hydroxylation is 1. The highest BCUT2D eigenvalue weighted by Crippen LogP contribution is 2.18. The summed E-state index contributed by atoms with van der Waals surface area (Å²) in [6.45, 7) is 6.77. The van der Waals surface area contributed by atoms with Crippen LogP contribution in [0.3, 0.4) is 0 Å². The number of hydrogen-bond acceptors (Lipinski definition) is 4. The van der Waals surface area contributed by atoms with E-state index in [1.165, 1.54) is 6.26 Å². The molecule has 2 rings (SSSR count). The molecule has 6 nitrogen and oxygen atoms in total. The average Bonchev–Trinajstić information content (AvgIpc) is 3.12. The molecule has 1 unspecified atom stereocenters. The van der Waals surface area contributed by atoms with Gasteiger partial charge in [0.25, 0.3) is 5.91 Å². The van der Waals surface area contributed by atoms with Crippen molar-refractivity contribution >= 4 is 5.91 Å². The highest BCUT2D eigenvalue weighted by molar-refractivity contribution is 5.95. The number of carbonyl (C=O) groups excluding carboxylic acids is 1. The van der Waals surface area contributed by atoms with Gasteiger partial charge in [-0.2, -0.15) is 5.10 Å². The van der Waals surface area contributed by atoms with Crippen LogP contribution in [0.15, 0.2) is 29.0 Å². The Balaban J connectivity index is 2.04. The van der Waals surface area contributed by atoms with Crippen LogP contribution in [0.1, 0.15) is 54.6 Å². The number of aromatic nitrogens is 2. The van der Waals surface area contributed by atoms with Crippen molar-refractivity contribution in [3.8, 4) is 0 Å². The summed E-state index contributed by atoms with van der Waals surface area (Å²) in [4.78, 5) is 12.3. The molecule has 2 aromatic rings. The largest absolute Gasteiger partial charge is 0.467 e. The lowest BCUT2D eigenvalue weighted by Crippen LogP contribution is -2.28. The molecule has 0 aliphatic heterocycles. The summed E-state index contributed by atoms with van der Waals surface area (Å²) < 4.78 is 6.84. The lowest BCUT2D eigenvalue weighted by molar-refractivity contribution is 0.0900. The Morgan fingerprint density at radius 3 is 2.86 bits per heavy atom. The first-order valence-electron chi connectivity index (χ1n) is 7.10. The van der Waals surface area contributed by atoms with E-state index in [-0.39, 0.29) is 18.4 Å². The van der Waals surface area contributed by atoms with Gasteiger partial charge in [0, 0.05) is 12.7 Å². The van der Waals surface area contributed by atoms with Gasteiger partial charge in [0.05, 0.1) is 24.1 Å². The summed E-state index contributed by atoms with van der Waals surface area (Å²) in [5.74, 6) is 0.362. The summed E-state index contributed by atoms with van der Waals surface area (Å²) in [6, 6.07) is 3.37. The van der Waals surface area contributed by atoms with Crippen molar-refractivity contribution in [2.24, 2.45) is 0 Å². The SMILES string of the molecule is CCn1cc(C(=O)NCC(O)c2ccco2)c(C(C)C)n1. The van der Waals surface area contributed by atoms with Crippen LogP contribution >= 0.6 is 0 Å². The summed E-state index contributed by atoms with van der Waals surface area (Å²) in [7, 11) is 0. The maximum absolute atomic E-state index is 12.3. The molecule has 0 radical (unpaired) electrons. The maximum atomic E-state index is 12.3. The minimum absolute atomic E-state index is 0.0984. The van der Waals surface area contributed by atoms with Gasteiger partial charge in [-0.1, -0.05) is 13.8 Å². The second-order valence-electron chi connectivity index (χ2n) is 5.18. The van der Waals surface area contributed by atoms with Crippen LogP contribution in [0.2, 0.25) is 0 Å². The second-order valence-corrected chi connectivity index (χ2v) is 5.18. The Hall–Kier alpha value is -2.08. The van der Waals surface area contributed by atoms with Crippen molar-refractivity contribution in [2.75, 3.05) is 6.54 Å². The molecule has 0 aromatic carbocycles. The third-order valence-corrected chi connectivity index (χ3v) is 3.23. The molecule has 0 spiro atoms. The molecule has 2 aromatic heterocycles. The predicted octanol–water partition coefficient (Wildman–Crippen LogP) is 2.08. The topological polar surface area (TPSA) is 80.3 Å². The molecule has 0 saturated carbocycles. The average molecular weight is 291 g/mol. The molecule has 0 aliphatic carbocycles. The van der Waals surface area contributed by atoms with Crippen LogP contribution in [-0.4, -0.2) is 27.3 Å². The van der Waals surface area contributed by atoms with Gasteiger partial charge in [-0.25, -0.2) is 0 Å². The zero-order valence-electron chi connectivity index (χ0n) is 12.5. The summed E-state index contributed by atoms with van der Waals surface area (Å²) in [6.07, 6.45) is 2.37. The van der Waals surface area contributed by atoms with Crippen molar-refractivity contribution in [1.82, 2.24) is 15.1 Å². The lowest BCUT2D eigenvalue weighted by atomic mass is 10.1. The van der Waals surface area contributed by atoms with Crippen molar-refractivity contribution < 1.29 is 14.3 Å². The molecule has 6 heteroatoms. The number of nitrogens with zero attached hydrogens (tertiary/aromatic N) is 2. The van der Waals surface area contributed by atoms with E-state index in [0.29, 0.717) is 17.9 Å². The summed E-state index contributed by atoms with van der Waals surface area (Å²) in [5, 5.41) is 17.0. The van der Waals surface area contributed by atoms with Gasteiger partial charge < -0.3 is 14.8 Å². The van der Waals surface area contributed by atoms with Gasteiger partial charge >= 0.3 is 0 Å². The number of nitrogens with one attached hydrogen (secondary N) is 1. The number of rotatable bonds is 6. The highest BCUT2D eigenvalue weighted by Gasteiger charge is 2.19. The van der Waals surface area contributed by atoms with Crippen LogP contribution < -0.4 is 5.32 Å². The normalized spacial score (nSPS) is 12.6. The molecular formula is C15H21N3O3. The summed E-state index contributed by atoms with van der Waals surface area (Å²) in [5.41, 5.74) is 1.32. The highest BCUT2D eigenvalue weighted by atomic mass is 16.4. The van der Waals surface area contributed by atoms with E-state index in [2.05, 4.69) is 10.4 Å². The minimum atomic E-state index is -0.854. The smallest absolute Gasteiger partial charge is 0.254 e. The van der Waals surface area contributed by atoms with Crippen LogP contribution in [-0.2, 0) is 6.54 Å². The van der Waals surface area contributed by atoms with Crippen LogP contribution in [0.25, 0.3) is 0 Å². The van der Waals surface area contributed by atoms with Crippen molar-refractivity contribution in [2.45, 2.75) is 39.3 Å². The Labute approximate surface area is 123 Å². The fraction of sp³-hybridized carbons (Fsp3) is 0.467. The molecule has 0 fully saturated rings. The lowest BCUT2D eigenvalue weighted by Gasteiger charge is -2.10. The molecule has 0 aliphatic rings. The molecule has 1 amide bonds. The number of carbonyl (C=O) groups is 1. The molecule has 1 atom stereocenters. The Kier molecular flexibility index (Phi) is 4.80. The number of aliphatic hydroxyl groups excluding tert-OH is 1. The number of furan rings is 1. The van der Waals surface area contributed by atoms with Crippen molar-refractivity contribution in [1.29, 1.82) is 0 Å². The van der Waals surface area contributed by atoms with Crippen molar-refractivity contribution in [3.63, 3.8) is 0 Å². The van der Waals surface area contributed by atoms with Gasteiger partial charge in [-0.15, -0.1) is 0 Å². The zero-order chi connectivity index (χ0) is 15.4. The fourth-order valence-electron chi connectivity index (χ4n) is 2.07. The first-order valence-corrected chi connectivity index (χ1v) is 7.10. The quantitative estimate of drug-likeness (QED) is 0.854. The minimum Gasteiger partial charge on any atom is -0.467 e. The van der Waals surface area contributed by atoms with Gasteiger partial charge in [-0.05, 0) is 25.0 Å². The molecule has 2 N–H and O–H groups in total. The Morgan fingerprint density at radius 2 is 2.29 bits per heavy atom. The monoisotopic (exact) mass is 291 g/mol. The molecule has 0 saturated heterocycles. The first-order chi connectivity index (χ1) is 10.0. The van der Waals surface area contributed by atoms with E-state index in [4.69, 9.17) is 4.42 Å². The third kappa shape index (κ3) is 3.52. The zero-order valence-corrected chi connectivity index (χ0v) is 12.5. The number of aliphatic hydroxyl groups is 1. The Bertz CT molecular complexity index is 587. The van der Waals surface area contributed by atoms with Crippen LogP contribution in [0, 0.1) is 0 Å². The van der Waals surface area contributed by atoms with Gasteiger partial charge in [0.2, 0.25) is 0 Å². The van der Waals surface area contributed by atoms with Crippen molar-refractivity contribution in [3.05, 3.63) is 41.6 Å². The second kappa shape index (κ2) is 6.58. The van der Waals surface area contributed by atoms with E-state index < -0.39 is 6.10 Å². The maximum Gasteiger partial charge on any atom is 0.254 e. The standard InChI is InChI=1S/C15H21N3O3/c1-4-18-9-11(14(17-18)10(2)3)15(20)16-8-12(19)13-6-5-7-21-13/h5-7,9-10,12,19H,4,8H2,1-3H3,(H,16,20). The van der Waals surface area contributed by atoms with Crippen LogP contribution in [0.4, 0.5) is 0 Å². The molecule has 2 heterocycles. The molecule has 114 valence electrons. The first kappa shape index (κ1) is 15.3. The van der Waals surface area contributed by atoms with E-state index in [0.717, 1.165) is 5.69 Å². The predicted molar refractivity (Wildman–Crippen MR) is 78.0 cm³/mol. The van der Waals surface area contributed by atoms with E-state index in [9.17, 15) is 9.90 Å². The third-order valence-electron chi connectivity index (χ3n) is 3.23. The molecular weight excluding hydrogens is 270 g/mol. The summed E-state index contributed by atoms with van der Waals surface area (Å²) >= 11 is 0. The fourth-order valence-corrected chi connectivity index (χ4v) is 2.07. The van der Waals surface area contributed by atoms with Gasteiger partial charge in [0.15, 0.2) is 0 Å². The van der Waals surface area contributed by atoms with Crippen LogP contribution in [0.5, 0.6) is 0 Å². The Morgan fingerprint density at radius 1 is 1.52 bits per heavy atom. The molecule has 0 bridgehead atoms. The van der Waals surface area contributed by atoms with Gasteiger partial charge in [0.1, 0.15) is 11.9 Å². The number of amides is 1. The van der Waals surface area contributed by atoms with E-state index >= 15 is 0 Å². The van der Waals surface area contributed by atoms with E-state index in [1.54, 1.807) is 23.0 Å². The van der Waals surface area contributed by atoms with E-state index in [1.807, 2.05) is 20.8 Å².